The molecule has 0 amide bonds. The monoisotopic (exact) mass is 245 g/mol. The number of hydrogen-bond acceptors (Lipinski definition) is 4. The van der Waals surface area contributed by atoms with Gasteiger partial charge in [0.1, 0.15) is 5.82 Å². The van der Waals surface area contributed by atoms with Gasteiger partial charge in [0, 0.05) is 25.0 Å². The number of para-hydroxylation sites is 1. The van der Waals surface area contributed by atoms with E-state index in [9.17, 15) is 0 Å². The Morgan fingerprint density at radius 3 is 2.83 bits per heavy atom. The Morgan fingerprint density at radius 2 is 2.00 bits per heavy atom. The molecule has 18 heavy (non-hydrogen) atoms. The van der Waals surface area contributed by atoms with Gasteiger partial charge in [0.05, 0.1) is 11.6 Å². The molecule has 2 aromatic rings. The fraction of sp³-hybridized carbons (Fsp3) is 0.357. The molecule has 4 nitrogen and oxygen atoms in total. The molecule has 96 valence electrons. The van der Waals surface area contributed by atoms with Gasteiger partial charge in [-0.25, -0.2) is 4.98 Å². The second kappa shape index (κ2) is 6.33. The highest BCUT2D eigenvalue weighted by Crippen LogP contribution is 2.13. The van der Waals surface area contributed by atoms with E-state index < -0.39 is 0 Å². The number of aliphatic hydroxyl groups is 1. The molecule has 0 aliphatic rings. The quantitative estimate of drug-likeness (QED) is 0.677. The van der Waals surface area contributed by atoms with Crippen LogP contribution in [0.4, 0.5) is 5.82 Å². The van der Waals surface area contributed by atoms with Crippen molar-refractivity contribution in [2.75, 3.05) is 25.0 Å². The number of nitrogens with one attached hydrogen (secondary N) is 2. The van der Waals surface area contributed by atoms with Gasteiger partial charge in [-0.05, 0) is 25.1 Å². The van der Waals surface area contributed by atoms with E-state index in [1.807, 2.05) is 24.3 Å². The Hall–Kier alpha value is -1.65. The topological polar surface area (TPSA) is 57.2 Å². The van der Waals surface area contributed by atoms with Crippen molar-refractivity contribution in [1.82, 2.24) is 10.3 Å². The van der Waals surface area contributed by atoms with Gasteiger partial charge in [0.2, 0.25) is 0 Å². The average molecular weight is 245 g/mol. The number of aromatic nitrogens is 1. The number of rotatable bonds is 6. The molecule has 2 rings (SSSR count). The summed E-state index contributed by atoms with van der Waals surface area (Å²) in [6, 6.07) is 12.1. The molecule has 1 aromatic carbocycles. The van der Waals surface area contributed by atoms with Gasteiger partial charge in [-0.3, -0.25) is 0 Å². The molecule has 1 heterocycles. The Morgan fingerprint density at radius 1 is 1.17 bits per heavy atom. The minimum Gasteiger partial charge on any atom is -0.392 e. The highest BCUT2D eigenvalue weighted by atomic mass is 16.3. The van der Waals surface area contributed by atoms with Crippen LogP contribution in [0.1, 0.15) is 6.92 Å². The van der Waals surface area contributed by atoms with E-state index in [-0.39, 0.29) is 6.10 Å². The van der Waals surface area contributed by atoms with Gasteiger partial charge < -0.3 is 15.7 Å². The van der Waals surface area contributed by atoms with Crippen LogP contribution in [0.2, 0.25) is 0 Å². The van der Waals surface area contributed by atoms with Crippen molar-refractivity contribution in [2.45, 2.75) is 13.0 Å². The van der Waals surface area contributed by atoms with Crippen LogP contribution in [-0.2, 0) is 0 Å². The lowest BCUT2D eigenvalue weighted by Gasteiger charge is -2.09. The van der Waals surface area contributed by atoms with Crippen molar-refractivity contribution in [3.63, 3.8) is 0 Å². The van der Waals surface area contributed by atoms with Gasteiger partial charge in [0.25, 0.3) is 0 Å². The summed E-state index contributed by atoms with van der Waals surface area (Å²) in [5.74, 6) is 0.882. The maximum Gasteiger partial charge on any atom is 0.126 e. The molecule has 1 unspecified atom stereocenters. The first-order valence-corrected chi connectivity index (χ1v) is 6.24. The third-order valence-corrected chi connectivity index (χ3v) is 2.65. The second-order valence-corrected chi connectivity index (χ2v) is 4.37. The van der Waals surface area contributed by atoms with E-state index >= 15 is 0 Å². The van der Waals surface area contributed by atoms with Crippen LogP contribution >= 0.6 is 0 Å². The second-order valence-electron chi connectivity index (χ2n) is 4.37. The summed E-state index contributed by atoms with van der Waals surface area (Å²) in [7, 11) is 0. The van der Waals surface area contributed by atoms with Crippen LogP contribution in [-0.4, -0.2) is 35.8 Å². The maximum atomic E-state index is 9.09. The zero-order valence-electron chi connectivity index (χ0n) is 10.6. The molecular weight excluding hydrogens is 226 g/mol. The average Bonchev–Trinajstić information content (AvgIpc) is 2.38. The number of pyridine rings is 1. The highest BCUT2D eigenvalue weighted by molar-refractivity contribution is 5.79. The number of hydrogen-bond donors (Lipinski definition) is 3. The number of benzene rings is 1. The zero-order valence-corrected chi connectivity index (χ0v) is 10.6. The van der Waals surface area contributed by atoms with Gasteiger partial charge in [0.15, 0.2) is 0 Å². The Bertz CT molecular complexity index is 499. The van der Waals surface area contributed by atoms with Crippen molar-refractivity contribution in [3.8, 4) is 0 Å². The molecule has 0 aliphatic heterocycles. The van der Waals surface area contributed by atoms with E-state index in [1.54, 1.807) is 6.92 Å². The van der Waals surface area contributed by atoms with Gasteiger partial charge in [-0.2, -0.15) is 0 Å². The van der Waals surface area contributed by atoms with E-state index in [1.165, 1.54) is 0 Å². The molecule has 1 aromatic heterocycles. The van der Waals surface area contributed by atoms with E-state index in [4.69, 9.17) is 5.11 Å². The summed E-state index contributed by atoms with van der Waals surface area (Å²) in [4.78, 5) is 4.52. The van der Waals surface area contributed by atoms with Crippen LogP contribution in [0.25, 0.3) is 10.9 Å². The predicted octanol–water partition coefficient (Wildman–Crippen LogP) is 1.62. The number of nitrogens with zero attached hydrogens (tertiary/aromatic N) is 1. The third kappa shape index (κ3) is 3.68. The Balaban J connectivity index is 1.84. The largest absolute Gasteiger partial charge is 0.392 e. The summed E-state index contributed by atoms with van der Waals surface area (Å²) in [5, 5.41) is 16.6. The van der Waals surface area contributed by atoms with Crippen LogP contribution in [0, 0.1) is 0 Å². The molecule has 4 heteroatoms. The highest BCUT2D eigenvalue weighted by Gasteiger charge is 1.97. The Labute approximate surface area is 107 Å². The van der Waals surface area contributed by atoms with Crippen molar-refractivity contribution < 1.29 is 5.11 Å². The minimum atomic E-state index is -0.302. The van der Waals surface area contributed by atoms with Gasteiger partial charge in [-0.15, -0.1) is 0 Å². The van der Waals surface area contributed by atoms with Gasteiger partial charge >= 0.3 is 0 Å². The number of aliphatic hydroxyl groups excluding tert-OH is 1. The summed E-state index contributed by atoms with van der Waals surface area (Å²) >= 11 is 0. The fourth-order valence-electron chi connectivity index (χ4n) is 1.75. The van der Waals surface area contributed by atoms with Gasteiger partial charge in [-0.1, -0.05) is 18.2 Å². The van der Waals surface area contributed by atoms with E-state index in [0.29, 0.717) is 6.54 Å². The first-order valence-electron chi connectivity index (χ1n) is 6.24. The lowest BCUT2D eigenvalue weighted by Crippen LogP contribution is -2.29. The molecule has 3 N–H and O–H groups in total. The molecule has 0 radical (unpaired) electrons. The minimum absolute atomic E-state index is 0.302. The van der Waals surface area contributed by atoms with Crippen LogP contribution < -0.4 is 10.6 Å². The summed E-state index contributed by atoms with van der Waals surface area (Å²) in [6.45, 7) is 3.98. The van der Waals surface area contributed by atoms with Crippen molar-refractivity contribution in [1.29, 1.82) is 0 Å². The van der Waals surface area contributed by atoms with Crippen LogP contribution in [0.5, 0.6) is 0 Å². The van der Waals surface area contributed by atoms with Crippen molar-refractivity contribution in [2.24, 2.45) is 0 Å². The summed E-state index contributed by atoms with van der Waals surface area (Å²) < 4.78 is 0. The van der Waals surface area contributed by atoms with E-state index in [2.05, 4.69) is 27.8 Å². The normalized spacial score (nSPS) is 12.6. The predicted molar refractivity (Wildman–Crippen MR) is 74.8 cm³/mol. The molecule has 0 saturated carbocycles. The van der Waals surface area contributed by atoms with Crippen molar-refractivity contribution in [3.05, 3.63) is 36.4 Å². The maximum absolute atomic E-state index is 9.09. The fourth-order valence-corrected chi connectivity index (χ4v) is 1.75. The lowest BCUT2D eigenvalue weighted by atomic mass is 10.2. The SMILES string of the molecule is CC(O)CNCCNc1ccc2ccccc2n1. The van der Waals surface area contributed by atoms with Crippen LogP contribution in [0.15, 0.2) is 36.4 Å². The standard InChI is InChI=1S/C14H19N3O/c1-11(18)10-15-8-9-16-14-7-6-12-4-2-3-5-13(12)17-14/h2-7,11,15,18H,8-10H2,1H3,(H,16,17). The number of fused-ring (bicyclic) bond motifs is 1. The molecule has 0 spiro atoms. The first kappa shape index (κ1) is 12.8. The molecule has 0 aliphatic carbocycles. The van der Waals surface area contributed by atoms with E-state index in [0.717, 1.165) is 29.8 Å². The number of anilines is 1. The molecule has 0 bridgehead atoms. The molecular formula is C14H19N3O. The zero-order chi connectivity index (χ0) is 12.8. The first-order chi connectivity index (χ1) is 8.75. The summed E-state index contributed by atoms with van der Waals surface area (Å²) in [5.41, 5.74) is 0.999. The molecule has 1 atom stereocenters. The Kier molecular flexibility index (Phi) is 4.50. The smallest absolute Gasteiger partial charge is 0.126 e. The third-order valence-electron chi connectivity index (χ3n) is 2.65. The van der Waals surface area contributed by atoms with Crippen LogP contribution in [0.3, 0.4) is 0 Å². The lowest BCUT2D eigenvalue weighted by molar-refractivity contribution is 0.192. The molecule has 0 saturated heterocycles. The molecule has 0 fully saturated rings. The summed E-state index contributed by atoms with van der Waals surface area (Å²) in [6.07, 6.45) is -0.302. The van der Waals surface area contributed by atoms with Crippen molar-refractivity contribution >= 4 is 16.7 Å².